The maximum atomic E-state index is 5.71. The molecule has 0 heterocycles. The number of benzene rings is 2. The Balaban J connectivity index is 0.00000364. The van der Waals surface area contributed by atoms with Crippen LogP contribution in [0, 0.1) is 0 Å². The van der Waals surface area contributed by atoms with E-state index in [1.807, 2.05) is 19.2 Å². The molecule has 0 aliphatic heterocycles. The third-order valence-corrected chi connectivity index (χ3v) is 4.16. The number of halogens is 1. The van der Waals surface area contributed by atoms with Crippen LogP contribution >= 0.6 is 24.0 Å². The average Bonchev–Trinajstić information content (AvgIpc) is 2.70. The Kier molecular flexibility index (Phi) is 13.4. The predicted octanol–water partition coefficient (Wildman–Crippen LogP) is 4.05. The normalized spacial score (nSPS) is 10.9. The molecule has 2 rings (SSSR count). The van der Waals surface area contributed by atoms with E-state index in [4.69, 9.17) is 4.74 Å². The molecule has 0 aliphatic rings. The maximum Gasteiger partial charge on any atom is 0.190 e. The number of nitrogens with one attached hydrogen (secondary N) is 2. The van der Waals surface area contributed by atoms with Gasteiger partial charge in [-0.05, 0) is 36.8 Å². The monoisotopic (exact) mass is 481 g/mol. The molecule has 0 amide bonds. The van der Waals surface area contributed by atoms with Gasteiger partial charge in [-0.1, -0.05) is 60.7 Å². The molecule has 5 heteroatoms. The van der Waals surface area contributed by atoms with E-state index in [1.165, 1.54) is 11.1 Å². The van der Waals surface area contributed by atoms with Gasteiger partial charge in [0.05, 0.1) is 6.61 Å². The fourth-order valence-electron chi connectivity index (χ4n) is 2.66. The number of unbranched alkanes of at least 4 members (excludes halogenated alkanes) is 1. The fourth-order valence-corrected chi connectivity index (χ4v) is 2.66. The van der Waals surface area contributed by atoms with Gasteiger partial charge >= 0.3 is 0 Å². The third kappa shape index (κ3) is 11.0. The minimum absolute atomic E-state index is 0. The first-order valence-electron chi connectivity index (χ1n) is 9.48. The van der Waals surface area contributed by atoms with Crippen molar-refractivity contribution < 1.29 is 4.74 Å². The molecule has 0 bridgehead atoms. The summed E-state index contributed by atoms with van der Waals surface area (Å²) in [4.78, 5) is 4.26. The molecule has 0 radical (unpaired) electrons. The van der Waals surface area contributed by atoms with Crippen LogP contribution in [0.25, 0.3) is 0 Å². The number of hydrogen-bond acceptors (Lipinski definition) is 2. The molecule has 4 nitrogen and oxygen atoms in total. The van der Waals surface area contributed by atoms with Gasteiger partial charge in [-0.25, -0.2) is 0 Å². The Labute approximate surface area is 180 Å². The molecule has 0 atom stereocenters. The van der Waals surface area contributed by atoms with E-state index in [-0.39, 0.29) is 24.0 Å². The zero-order chi connectivity index (χ0) is 18.3. The first kappa shape index (κ1) is 23.4. The van der Waals surface area contributed by atoms with Crippen molar-refractivity contribution in [2.45, 2.75) is 25.7 Å². The highest BCUT2D eigenvalue weighted by Gasteiger charge is 1.98. The first-order chi connectivity index (χ1) is 12.9. The quantitative estimate of drug-likeness (QED) is 0.220. The Morgan fingerprint density at radius 2 is 1.37 bits per heavy atom. The average molecular weight is 481 g/mol. The fraction of sp³-hybridized carbons (Fsp3) is 0.409. The van der Waals surface area contributed by atoms with Crippen molar-refractivity contribution in [2.75, 3.05) is 33.4 Å². The molecular weight excluding hydrogens is 449 g/mol. The van der Waals surface area contributed by atoms with Crippen LogP contribution in [-0.2, 0) is 17.6 Å². The van der Waals surface area contributed by atoms with Crippen LogP contribution < -0.4 is 10.6 Å². The van der Waals surface area contributed by atoms with Gasteiger partial charge in [0.15, 0.2) is 5.96 Å². The smallest absolute Gasteiger partial charge is 0.190 e. The Hall–Kier alpha value is -1.60. The summed E-state index contributed by atoms with van der Waals surface area (Å²) in [7, 11) is 1.81. The Morgan fingerprint density at radius 1 is 0.778 bits per heavy atom. The first-order valence-corrected chi connectivity index (χ1v) is 9.48. The van der Waals surface area contributed by atoms with E-state index in [1.54, 1.807) is 0 Å². The molecule has 0 aromatic heterocycles. The van der Waals surface area contributed by atoms with E-state index in [9.17, 15) is 0 Å². The van der Waals surface area contributed by atoms with Crippen molar-refractivity contribution in [1.29, 1.82) is 0 Å². The molecular formula is C22H32IN3O. The SMILES string of the molecule is CN=C(NCCCCOCCc1ccccc1)NCCc1ccccc1.I. The topological polar surface area (TPSA) is 45.7 Å². The number of hydrogen-bond donors (Lipinski definition) is 2. The molecule has 0 saturated heterocycles. The summed E-state index contributed by atoms with van der Waals surface area (Å²) >= 11 is 0. The second-order valence-corrected chi connectivity index (χ2v) is 6.22. The summed E-state index contributed by atoms with van der Waals surface area (Å²) < 4.78 is 5.71. The molecule has 0 aliphatic carbocycles. The van der Waals surface area contributed by atoms with Crippen molar-refractivity contribution in [3.8, 4) is 0 Å². The van der Waals surface area contributed by atoms with E-state index < -0.39 is 0 Å². The summed E-state index contributed by atoms with van der Waals surface area (Å²) in [6.07, 6.45) is 4.11. The predicted molar refractivity (Wildman–Crippen MR) is 125 cm³/mol. The largest absolute Gasteiger partial charge is 0.381 e. The minimum atomic E-state index is 0. The molecule has 0 saturated carbocycles. The number of nitrogens with zero attached hydrogens (tertiary/aromatic N) is 1. The van der Waals surface area contributed by atoms with Gasteiger partial charge in [0.25, 0.3) is 0 Å². The van der Waals surface area contributed by atoms with Crippen LogP contribution in [-0.4, -0.2) is 39.3 Å². The minimum Gasteiger partial charge on any atom is -0.381 e. The third-order valence-electron chi connectivity index (χ3n) is 4.16. The summed E-state index contributed by atoms with van der Waals surface area (Å²) in [5.41, 5.74) is 2.67. The number of rotatable bonds is 11. The lowest BCUT2D eigenvalue weighted by molar-refractivity contribution is 0.133. The molecule has 148 valence electrons. The molecule has 0 spiro atoms. The number of ether oxygens (including phenoxy) is 1. The zero-order valence-electron chi connectivity index (χ0n) is 16.2. The Bertz CT molecular complexity index is 620. The van der Waals surface area contributed by atoms with Crippen molar-refractivity contribution in [3.63, 3.8) is 0 Å². The standard InChI is InChI=1S/C22H31N3O.HI/c1-23-22(25-17-14-20-10-4-2-5-11-20)24-16-8-9-18-26-19-15-21-12-6-3-7-13-21;/h2-7,10-13H,8-9,14-19H2,1H3,(H2,23,24,25);1H. The molecule has 0 fully saturated rings. The van der Waals surface area contributed by atoms with Crippen LogP contribution in [0.5, 0.6) is 0 Å². The van der Waals surface area contributed by atoms with Gasteiger partial charge in [-0.2, -0.15) is 0 Å². The van der Waals surface area contributed by atoms with Gasteiger partial charge in [0.2, 0.25) is 0 Å². The summed E-state index contributed by atoms with van der Waals surface area (Å²) in [5.74, 6) is 0.867. The van der Waals surface area contributed by atoms with Crippen LogP contribution in [0.3, 0.4) is 0 Å². The lowest BCUT2D eigenvalue weighted by Gasteiger charge is -2.12. The van der Waals surface area contributed by atoms with Gasteiger partial charge in [0.1, 0.15) is 0 Å². The summed E-state index contributed by atoms with van der Waals surface area (Å²) in [5, 5.41) is 6.71. The molecule has 2 N–H and O–H groups in total. The number of aliphatic imine (C=N–C) groups is 1. The second-order valence-electron chi connectivity index (χ2n) is 6.22. The van der Waals surface area contributed by atoms with E-state index >= 15 is 0 Å². The number of guanidine groups is 1. The lowest BCUT2D eigenvalue weighted by Crippen LogP contribution is -2.38. The van der Waals surface area contributed by atoms with Crippen LogP contribution in [0.1, 0.15) is 24.0 Å². The van der Waals surface area contributed by atoms with E-state index in [0.29, 0.717) is 0 Å². The van der Waals surface area contributed by atoms with E-state index in [0.717, 1.165) is 57.9 Å². The van der Waals surface area contributed by atoms with Gasteiger partial charge in [-0.15, -0.1) is 24.0 Å². The highest BCUT2D eigenvalue weighted by molar-refractivity contribution is 14.0. The van der Waals surface area contributed by atoms with Crippen molar-refractivity contribution >= 4 is 29.9 Å². The molecule has 2 aromatic rings. The van der Waals surface area contributed by atoms with Crippen LogP contribution in [0.4, 0.5) is 0 Å². The molecule has 0 unspecified atom stereocenters. The zero-order valence-corrected chi connectivity index (χ0v) is 18.5. The van der Waals surface area contributed by atoms with E-state index in [2.05, 4.69) is 64.2 Å². The molecule has 2 aromatic carbocycles. The Morgan fingerprint density at radius 3 is 2.00 bits per heavy atom. The second kappa shape index (κ2) is 15.5. The van der Waals surface area contributed by atoms with Gasteiger partial charge in [0, 0.05) is 26.7 Å². The van der Waals surface area contributed by atoms with Gasteiger partial charge < -0.3 is 15.4 Å². The maximum absolute atomic E-state index is 5.71. The van der Waals surface area contributed by atoms with Gasteiger partial charge in [-0.3, -0.25) is 4.99 Å². The highest BCUT2D eigenvalue weighted by atomic mass is 127. The molecule has 27 heavy (non-hydrogen) atoms. The lowest BCUT2D eigenvalue weighted by atomic mass is 10.1. The summed E-state index contributed by atoms with van der Waals surface area (Å²) in [6, 6.07) is 21.0. The summed E-state index contributed by atoms with van der Waals surface area (Å²) in [6.45, 7) is 3.40. The van der Waals surface area contributed by atoms with Crippen molar-refractivity contribution in [3.05, 3.63) is 71.8 Å². The van der Waals surface area contributed by atoms with Crippen molar-refractivity contribution in [2.24, 2.45) is 4.99 Å². The van der Waals surface area contributed by atoms with Crippen molar-refractivity contribution in [1.82, 2.24) is 10.6 Å². The van der Waals surface area contributed by atoms with Crippen LogP contribution in [0.2, 0.25) is 0 Å². The highest BCUT2D eigenvalue weighted by Crippen LogP contribution is 2.00. The van der Waals surface area contributed by atoms with Crippen LogP contribution in [0.15, 0.2) is 65.7 Å².